The minimum absolute atomic E-state index is 0.136. The van der Waals surface area contributed by atoms with Crippen LogP contribution in [-0.2, 0) is 4.74 Å². The summed E-state index contributed by atoms with van der Waals surface area (Å²) in [5.74, 6) is 0.891. The van der Waals surface area contributed by atoms with Gasteiger partial charge in [-0.2, -0.15) is 5.10 Å². The van der Waals surface area contributed by atoms with Crippen LogP contribution in [0.4, 0.5) is 16.2 Å². The van der Waals surface area contributed by atoms with Crippen molar-refractivity contribution in [2.24, 2.45) is 0 Å². The highest BCUT2D eigenvalue weighted by atomic mass is 16.6. The largest absolute Gasteiger partial charge is 0.453 e. The molecule has 1 aliphatic carbocycles. The minimum Gasteiger partial charge on any atom is -0.453 e. The second-order valence-corrected chi connectivity index (χ2v) is 13.3. The van der Waals surface area contributed by atoms with Gasteiger partial charge in [-0.05, 0) is 83.7 Å². The number of amides is 2. The summed E-state index contributed by atoms with van der Waals surface area (Å²) in [4.78, 5) is 35.8. The Balaban J connectivity index is 1.11. The average Bonchev–Trinajstić information content (AvgIpc) is 3.80. The number of hydrogen-bond acceptors (Lipinski definition) is 8. The Labute approximate surface area is 273 Å². The standard InChI is InChI=1S/C36H39N7O4/c1-23-21-42-22-24(20-31(33(42)38-23)46-27-8-6-5-7-9-27)39-34(44)29-12-13-30(28-14-17-37-40-32(28)29)41-18-15-26(16-19-41)43(25-10-11-25)35(45)47-36(2,3)4/h5-9,12-14,17,20-22,25-26H,10-11,15-16,18-19H2,1-4H3,(H,39,44). The van der Waals surface area contributed by atoms with Crippen LogP contribution in [-0.4, -0.2) is 67.3 Å². The molecule has 5 aromatic rings. The zero-order valence-electron chi connectivity index (χ0n) is 27.1. The van der Waals surface area contributed by atoms with Crippen LogP contribution in [0.2, 0.25) is 0 Å². The molecule has 242 valence electrons. The zero-order chi connectivity index (χ0) is 32.7. The van der Waals surface area contributed by atoms with E-state index in [1.807, 2.05) is 97.9 Å². The van der Waals surface area contributed by atoms with Gasteiger partial charge in [-0.3, -0.25) is 4.79 Å². The van der Waals surface area contributed by atoms with Crippen molar-refractivity contribution in [2.45, 2.75) is 71.1 Å². The summed E-state index contributed by atoms with van der Waals surface area (Å²) in [6.07, 6.45) is 8.88. The van der Waals surface area contributed by atoms with Gasteiger partial charge in [0.05, 0.1) is 23.1 Å². The zero-order valence-corrected chi connectivity index (χ0v) is 27.1. The van der Waals surface area contributed by atoms with E-state index in [0.29, 0.717) is 33.9 Å². The van der Waals surface area contributed by atoms with E-state index in [1.54, 1.807) is 12.3 Å². The number of rotatable bonds is 7. The van der Waals surface area contributed by atoms with Crippen LogP contribution in [0.25, 0.3) is 16.6 Å². The van der Waals surface area contributed by atoms with Gasteiger partial charge in [0.15, 0.2) is 11.4 Å². The molecule has 0 radical (unpaired) electrons. The van der Waals surface area contributed by atoms with Crippen LogP contribution in [0, 0.1) is 6.92 Å². The van der Waals surface area contributed by atoms with E-state index in [1.165, 1.54) is 0 Å². The molecular formula is C36H39N7O4. The minimum atomic E-state index is -0.525. The molecule has 0 unspecified atom stereocenters. The smallest absolute Gasteiger partial charge is 0.410 e. The lowest BCUT2D eigenvalue weighted by atomic mass is 10.0. The summed E-state index contributed by atoms with van der Waals surface area (Å²) < 4.78 is 13.8. The number of pyridine rings is 1. The van der Waals surface area contributed by atoms with Crippen molar-refractivity contribution in [2.75, 3.05) is 23.3 Å². The van der Waals surface area contributed by atoms with E-state index in [4.69, 9.17) is 9.47 Å². The molecule has 0 bridgehead atoms. The third-order valence-corrected chi connectivity index (χ3v) is 8.51. The Kier molecular flexibility index (Phi) is 7.91. The lowest BCUT2D eigenvalue weighted by Gasteiger charge is -2.40. The van der Waals surface area contributed by atoms with Gasteiger partial charge in [0.1, 0.15) is 16.9 Å². The van der Waals surface area contributed by atoms with E-state index in [2.05, 4.69) is 25.4 Å². The van der Waals surface area contributed by atoms with Crippen LogP contribution >= 0.6 is 0 Å². The number of aryl methyl sites for hydroxylation is 1. The number of fused-ring (bicyclic) bond motifs is 2. The monoisotopic (exact) mass is 633 g/mol. The molecule has 47 heavy (non-hydrogen) atoms. The van der Waals surface area contributed by atoms with Crippen molar-refractivity contribution < 1.29 is 19.1 Å². The van der Waals surface area contributed by atoms with Crippen LogP contribution in [0.1, 0.15) is 62.5 Å². The summed E-state index contributed by atoms with van der Waals surface area (Å²) in [5.41, 5.74) is 3.45. The second-order valence-electron chi connectivity index (χ2n) is 13.3. The van der Waals surface area contributed by atoms with Crippen molar-refractivity contribution in [3.63, 3.8) is 0 Å². The van der Waals surface area contributed by atoms with E-state index >= 15 is 0 Å². The van der Waals surface area contributed by atoms with Gasteiger partial charge in [0.25, 0.3) is 5.91 Å². The summed E-state index contributed by atoms with van der Waals surface area (Å²) in [6, 6.07) is 17.4. The van der Waals surface area contributed by atoms with Crippen LogP contribution < -0.4 is 15.0 Å². The van der Waals surface area contributed by atoms with Gasteiger partial charge in [0, 0.05) is 54.7 Å². The molecule has 2 amide bonds. The van der Waals surface area contributed by atoms with Crippen molar-refractivity contribution in [1.82, 2.24) is 24.5 Å². The van der Waals surface area contributed by atoms with Crippen LogP contribution in [0.3, 0.4) is 0 Å². The number of hydrogen-bond donors (Lipinski definition) is 1. The summed E-state index contributed by atoms with van der Waals surface area (Å²) in [5, 5.41) is 12.4. The summed E-state index contributed by atoms with van der Waals surface area (Å²) in [7, 11) is 0. The first-order valence-electron chi connectivity index (χ1n) is 16.2. The number of carbonyl (C=O) groups excluding carboxylic acids is 2. The number of nitrogens with one attached hydrogen (secondary N) is 1. The fraction of sp³-hybridized carbons (Fsp3) is 0.361. The highest BCUT2D eigenvalue weighted by Gasteiger charge is 2.41. The molecule has 4 heterocycles. The van der Waals surface area contributed by atoms with Crippen molar-refractivity contribution in [3.05, 3.63) is 84.4 Å². The van der Waals surface area contributed by atoms with E-state index < -0.39 is 5.60 Å². The predicted molar refractivity (Wildman–Crippen MR) is 180 cm³/mol. The molecule has 3 aromatic heterocycles. The van der Waals surface area contributed by atoms with Crippen LogP contribution in [0.15, 0.2) is 73.2 Å². The van der Waals surface area contributed by atoms with Gasteiger partial charge in [-0.15, -0.1) is 5.10 Å². The number of aromatic nitrogens is 4. The summed E-state index contributed by atoms with van der Waals surface area (Å²) in [6.45, 7) is 9.19. The normalized spacial score (nSPS) is 15.5. The Morgan fingerprint density at radius 1 is 0.957 bits per heavy atom. The highest BCUT2D eigenvalue weighted by molar-refractivity contribution is 6.13. The van der Waals surface area contributed by atoms with Crippen LogP contribution in [0.5, 0.6) is 11.5 Å². The fourth-order valence-electron chi connectivity index (χ4n) is 6.32. The quantitative estimate of drug-likeness (QED) is 0.204. The number of piperidine rings is 1. The topological polar surface area (TPSA) is 114 Å². The third kappa shape index (κ3) is 6.56. The lowest BCUT2D eigenvalue weighted by Crippen LogP contribution is -2.50. The number of anilines is 2. The van der Waals surface area contributed by atoms with Gasteiger partial charge in [0.2, 0.25) is 0 Å². The first-order valence-corrected chi connectivity index (χ1v) is 16.2. The van der Waals surface area contributed by atoms with Crippen molar-refractivity contribution >= 4 is 39.9 Å². The fourth-order valence-corrected chi connectivity index (χ4v) is 6.32. The maximum absolute atomic E-state index is 13.8. The lowest BCUT2D eigenvalue weighted by molar-refractivity contribution is 0.0114. The first kappa shape index (κ1) is 30.5. The number of benzene rings is 2. The van der Waals surface area contributed by atoms with Gasteiger partial charge in [-0.25, -0.2) is 9.78 Å². The number of para-hydroxylation sites is 1. The van der Waals surface area contributed by atoms with E-state index in [9.17, 15) is 9.59 Å². The summed E-state index contributed by atoms with van der Waals surface area (Å²) >= 11 is 0. The molecule has 0 atom stereocenters. The second kappa shape index (κ2) is 12.2. The molecule has 2 aliphatic rings. The molecule has 2 aromatic carbocycles. The van der Waals surface area contributed by atoms with Gasteiger partial charge in [-0.1, -0.05) is 18.2 Å². The SMILES string of the molecule is Cc1cn2cc(NC(=O)c3ccc(N4CCC(N(C(=O)OC(C)(C)C)C5CC5)CC4)c4ccnnc34)cc(Oc3ccccc3)c2n1. The van der Waals surface area contributed by atoms with Gasteiger partial charge >= 0.3 is 6.09 Å². The molecular weight excluding hydrogens is 594 g/mol. The number of imidazole rings is 1. The van der Waals surface area contributed by atoms with Gasteiger partial charge < -0.3 is 29.0 Å². The highest BCUT2D eigenvalue weighted by Crippen LogP contribution is 2.36. The molecule has 2 fully saturated rings. The molecule has 11 nitrogen and oxygen atoms in total. The molecule has 1 saturated heterocycles. The number of nitrogens with zero attached hydrogens (tertiary/aromatic N) is 6. The van der Waals surface area contributed by atoms with Crippen molar-refractivity contribution in [3.8, 4) is 11.5 Å². The molecule has 1 saturated carbocycles. The molecule has 11 heteroatoms. The Bertz CT molecular complexity index is 1940. The van der Waals surface area contributed by atoms with E-state index in [-0.39, 0.29) is 24.1 Å². The third-order valence-electron chi connectivity index (χ3n) is 8.51. The molecule has 1 N–H and O–H groups in total. The Morgan fingerprint density at radius 3 is 2.43 bits per heavy atom. The predicted octanol–water partition coefficient (Wildman–Crippen LogP) is 7.00. The van der Waals surface area contributed by atoms with Crippen molar-refractivity contribution in [1.29, 1.82) is 0 Å². The first-order chi connectivity index (χ1) is 22.6. The molecule has 1 aliphatic heterocycles. The molecule has 0 spiro atoms. The average molecular weight is 634 g/mol. The molecule has 7 rings (SSSR count). The maximum atomic E-state index is 13.8. The Hall–Kier alpha value is -5.19. The number of ether oxygens (including phenoxy) is 2. The maximum Gasteiger partial charge on any atom is 0.410 e. The Morgan fingerprint density at radius 2 is 1.70 bits per heavy atom. The van der Waals surface area contributed by atoms with E-state index in [0.717, 1.165) is 55.5 Å². The number of carbonyl (C=O) groups is 2.